The highest BCUT2D eigenvalue weighted by molar-refractivity contribution is 7.80. The molecule has 7 nitrogen and oxygen atoms in total. The Morgan fingerprint density at radius 2 is 1.68 bits per heavy atom. The van der Waals surface area contributed by atoms with Crippen LogP contribution in [0.15, 0.2) is 54.6 Å². The molecule has 178 valence electrons. The first-order valence-corrected chi connectivity index (χ1v) is 12.2. The van der Waals surface area contributed by atoms with Gasteiger partial charge in [0.1, 0.15) is 12.1 Å². The smallest absolute Gasteiger partial charge is 0.308 e. The van der Waals surface area contributed by atoms with Crippen molar-refractivity contribution in [1.29, 1.82) is 0 Å². The van der Waals surface area contributed by atoms with Crippen molar-refractivity contribution in [2.45, 2.75) is 50.7 Å². The van der Waals surface area contributed by atoms with E-state index in [-0.39, 0.29) is 29.5 Å². The van der Waals surface area contributed by atoms with Gasteiger partial charge >= 0.3 is 5.97 Å². The fourth-order valence-corrected chi connectivity index (χ4v) is 4.73. The lowest BCUT2D eigenvalue weighted by molar-refractivity contribution is -0.153. The number of hydrogen-bond donors (Lipinski definition) is 2. The van der Waals surface area contributed by atoms with Crippen LogP contribution in [0, 0.1) is 0 Å². The molecule has 0 aromatic heterocycles. The number of esters is 1. The average molecular weight is 480 g/mol. The van der Waals surface area contributed by atoms with Gasteiger partial charge in [-0.15, -0.1) is 0 Å². The van der Waals surface area contributed by atoms with E-state index in [4.69, 9.17) is 17.0 Å². The largest absolute Gasteiger partial charge is 0.462 e. The van der Waals surface area contributed by atoms with E-state index in [2.05, 4.69) is 10.6 Å². The van der Waals surface area contributed by atoms with Gasteiger partial charge in [-0.05, 0) is 61.2 Å². The van der Waals surface area contributed by atoms with E-state index in [1.165, 1.54) is 0 Å². The second-order valence-corrected chi connectivity index (χ2v) is 9.04. The molecular formula is C26H29N3O4S. The Kier molecular flexibility index (Phi) is 7.90. The van der Waals surface area contributed by atoms with Crippen LogP contribution < -0.4 is 10.6 Å². The minimum atomic E-state index is -0.807. The maximum absolute atomic E-state index is 12.8. The Balaban J connectivity index is 1.37. The Morgan fingerprint density at radius 3 is 2.38 bits per heavy atom. The molecule has 0 spiro atoms. The summed E-state index contributed by atoms with van der Waals surface area (Å²) in [6.07, 6.45) is 4.81. The van der Waals surface area contributed by atoms with Gasteiger partial charge < -0.3 is 15.0 Å². The summed E-state index contributed by atoms with van der Waals surface area (Å²) in [4.78, 5) is 39.5. The molecule has 34 heavy (non-hydrogen) atoms. The van der Waals surface area contributed by atoms with Crippen molar-refractivity contribution in [2.75, 3.05) is 13.1 Å². The van der Waals surface area contributed by atoms with E-state index in [0.717, 1.165) is 43.2 Å². The summed E-state index contributed by atoms with van der Waals surface area (Å²) < 4.78 is 5.59. The van der Waals surface area contributed by atoms with Crippen LogP contribution in [0.5, 0.6) is 0 Å². The predicted octanol–water partition coefficient (Wildman–Crippen LogP) is 3.43. The molecule has 1 aliphatic carbocycles. The van der Waals surface area contributed by atoms with Gasteiger partial charge in [-0.1, -0.05) is 48.9 Å². The molecule has 1 saturated heterocycles. The van der Waals surface area contributed by atoms with Crippen molar-refractivity contribution < 1.29 is 19.1 Å². The molecule has 2 fully saturated rings. The summed E-state index contributed by atoms with van der Waals surface area (Å²) in [6.45, 7) is 0.786. The first-order valence-electron chi connectivity index (χ1n) is 11.8. The fourth-order valence-electron chi connectivity index (χ4n) is 4.42. The number of piperazine rings is 1. The molecule has 4 rings (SSSR count). The molecule has 0 bridgehead atoms. The third-order valence-corrected chi connectivity index (χ3v) is 6.61. The number of rotatable bonds is 5. The van der Waals surface area contributed by atoms with Crippen LogP contribution in [-0.2, 0) is 14.3 Å². The minimum Gasteiger partial charge on any atom is -0.462 e. The molecule has 1 aliphatic heterocycles. The highest BCUT2D eigenvalue weighted by atomic mass is 32.1. The predicted molar refractivity (Wildman–Crippen MR) is 133 cm³/mol. The Labute approximate surface area is 204 Å². The summed E-state index contributed by atoms with van der Waals surface area (Å²) in [6, 6.07) is 16.3. The van der Waals surface area contributed by atoms with Gasteiger partial charge in [0.2, 0.25) is 5.91 Å². The Bertz CT molecular complexity index is 1040. The number of hydrogen-bond acceptors (Lipinski definition) is 5. The van der Waals surface area contributed by atoms with Crippen molar-refractivity contribution in [3.8, 4) is 11.1 Å². The zero-order chi connectivity index (χ0) is 23.9. The first kappa shape index (κ1) is 23.9. The number of ether oxygens (including phenoxy) is 1. The lowest BCUT2D eigenvalue weighted by Gasteiger charge is -2.36. The van der Waals surface area contributed by atoms with E-state index >= 15 is 0 Å². The third-order valence-electron chi connectivity index (χ3n) is 6.28. The summed E-state index contributed by atoms with van der Waals surface area (Å²) in [5, 5.41) is 5.62. The van der Waals surface area contributed by atoms with Crippen LogP contribution in [0.1, 0.15) is 48.9 Å². The Hall–Kier alpha value is -3.26. The van der Waals surface area contributed by atoms with E-state index < -0.39 is 12.0 Å². The zero-order valence-electron chi connectivity index (χ0n) is 19.0. The van der Waals surface area contributed by atoms with Gasteiger partial charge in [0, 0.05) is 18.7 Å². The van der Waals surface area contributed by atoms with E-state index in [1.807, 2.05) is 42.5 Å². The number of benzene rings is 2. The molecule has 0 radical (unpaired) electrons. The zero-order valence-corrected chi connectivity index (χ0v) is 19.8. The standard InChI is InChI=1S/C26H29N3O4S/c30-23(33-21-9-5-2-6-10-21)17-22-25(32)27-15-16-29(22)26(34)28-24(31)20-13-11-19(12-14-20)18-7-3-1-4-8-18/h1,3-4,7-8,11-14,21-22H,2,5-6,9-10,15-17H2,(H,27,32)(H,28,31,34). The molecule has 2 aromatic carbocycles. The topological polar surface area (TPSA) is 87.7 Å². The quantitative estimate of drug-likeness (QED) is 0.505. The second-order valence-electron chi connectivity index (χ2n) is 8.66. The molecule has 2 aromatic rings. The van der Waals surface area contributed by atoms with Gasteiger partial charge in [-0.3, -0.25) is 19.7 Å². The maximum Gasteiger partial charge on any atom is 0.308 e. The van der Waals surface area contributed by atoms with E-state index in [0.29, 0.717) is 18.7 Å². The van der Waals surface area contributed by atoms with Crippen LogP contribution in [0.4, 0.5) is 0 Å². The lowest BCUT2D eigenvalue weighted by atomic mass is 9.98. The highest BCUT2D eigenvalue weighted by Gasteiger charge is 2.35. The van der Waals surface area contributed by atoms with Gasteiger partial charge in [0.25, 0.3) is 5.91 Å². The van der Waals surface area contributed by atoms with Crippen LogP contribution in [-0.4, -0.2) is 53.0 Å². The van der Waals surface area contributed by atoms with Gasteiger partial charge in [0.05, 0.1) is 6.42 Å². The minimum absolute atomic E-state index is 0.0770. The van der Waals surface area contributed by atoms with Crippen molar-refractivity contribution in [1.82, 2.24) is 15.5 Å². The lowest BCUT2D eigenvalue weighted by Crippen LogP contribution is -2.60. The molecule has 8 heteroatoms. The summed E-state index contributed by atoms with van der Waals surface area (Å²) in [5.74, 6) is -1.07. The molecule has 2 aliphatic rings. The fraction of sp³-hybridized carbons (Fsp3) is 0.385. The van der Waals surface area contributed by atoms with Crippen LogP contribution in [0.3, 0.4) is 0 Å². The van der Waals surface area contributed by atoms with Crippen molar-refractivity contribution >= 4 is 35.1 Å². The van der Waals surface area contributed by atoms with Crippen molar-refractivity contribution in [3.63, 3.8) is 0 Å². The van der Waals surface area contributed by atoms with Gasteiger partial charge in [0.15, 0.2) is 5.11 Å². The second kappa shape index (κ2) is 11.2. The summed E-state index contributed by atoms with van der Waals surface area (Å²) >= 11 is 5.46. The number of nitrogens with zero attached hydrogens (tertiary/aromatic N) is 1. The maximum atomic E-state index is 12.8. The summed E-state index contributed by atoms with van der Waals surface area (Å²) in [5.41, 5.74) is 2.52. The number of carbonyl (C=O) groups is 3. The SMILES string of the molecule is O=C(CC1C(=O)NCCN1C(=S)NC(=O)c1ccc(-c2ccccc2)cc1)OC1CCCCC1. The summed E-state index contributed by atoms with van der Waals surface area (Å²) in [7, 11) is 0. The highest BCUT2D eigenvalue weighted by Crippen LogP contribution is 2.22. The normalized spacial score (nSPS) is 18.6. The number of thiocarbonyl (C=S) groups is 1. The third kappa shape index (κ3) is 5.99. The van der Waals surface area contributed by atoms with Gasteiger partial charge in [-0.2, -0.15) is 0 Å². The van der Waals surface area contributed by atoms with Gasteiger partial charge in [-0.25, -0.2) is 0 Å². The molecule has 2 amide bonds. The van der Waals surface area contributed by atoms with Crippen molar-refractivity contribution in [3.05, 3.63) is 60.2 Å². The van der Waals surface area contributed by atoms with E-state index in [9.17, 15) is 14.4 Å². The molecule has 1 atom stereocenters. The molecule has 1 heterocycles. The molecule has 1 saturated carbocycles. The number of amides is 2. The molecule has 1 unspecified atom stereocenters. The first-order chi connectivity index (χ1) is 16.5. The van der Waals surface area contributed by atoms with Crippen LogP contribution in [0.2, 0.25) is 0 Å². The molecule has 2 N–H and O–H groups in total. The van der Waals surface area contributed by atoms with Crippen LogP contribution >= 0.6 is 12.2 Å². The van der Waals surface area contributed by atoms with Crippen LogP contribution in [0.25, 0.3) is 11.1 Å². The Morgan fingerprint density at radius 1 is 1.00 bits per heavy atom. The number of carbonyl (C=O) groups excluding carboxylic acids is 3. The molecular weight excluding hydrogens is 450 g/mol. The van der Waals surface area contributed by atoms with E-state index in [1.54, 1.807) is 17.0 Å². The average Bonchev–Trinajstić information content (AvgIpc) is 2.86. The monoisotopic (exact) mass is 479 g/mol. The van der Waals surface area contributed by atoms with Crippen molar-refractivity contribution in [2.24, 2.45) is 0 Å². The number of nitrogens with one attached hydrogen (secondary N) is 2.